The first-order valence-electron chi connectivity index (χ1n) is 9.16. The lowest BCUT2D eigenvalue weighted by molar-refractivity contribution is 0.0963. The van der Waals surface area contributed by atoms with E-state index in [9.17, 15) is 26.8 Å². The fourth-order valence-electron chi connectivity index (χ4n) is 2.91. The number of fused-ring (bicyclic) bond motifs is 1. The van der Waals surface area contributed by atoms with Crippen molar-refractivity contribution in [2.75, 3.05) is 22.8 Å². The minimum atomic E-state index is -3.85. The van der Waals surface area contributed by atoms with Gasteiger partial charge in [0, 0.05) is 18.6 Å². The molecule has 0 radical (unpaired) electrons. The zero-order chi connectivity index (χ0) is 22.8. The van der Waals surface area contributed by atoms with Crippen molar-refractivity contribution in [3.8, 4) is 0 Å². The van der Waals surface area contributed by atoms with Crippen molar-refractivity contribution >= 4 is 44.2 Å². The number of aromatic amines is 1. The SMILES string of the molecule is CCCS(=O)(=O)Nc1ccc(F)c(C(=O)Nc2cnc3[nH]cc(C(=O)NC)c3c2)c1F. The van der Waals surface area contributed by atoms with Gasteiger partial charge in [-0.15, -0.1) is 0 Å². The normalized spacial score (nSPS) is 11.4. The maximum atomic E-state index is 14.8. The smallest absolute Gasteiger partial charge is 0.261 e. The minimum absolute atomic E-state index is 0.0815. The van der Waals surface area contributed by atoms with E-state index < -0.39 is 38.8 Å². The van der Waals surface area contributed by atoms with E-state index in [4.69, 9.17) is 0 Å². The number of hydrogen-bond donors (Lipinski definition) is 4. The maximum absolute atomic E-state index is 14.8. The number of hydrogen-bond acceptors (Lipinski definition) is 5. The Kier molecular flexibility index (Phi) is 6.20. The molecule has 164 valence electrons. The highest BCUT2D eigenvalue weighted by Crippen LogP contribution is 2.25. The fourth-order valence-corrected chi connectivity index (χ4v) is 4.05. The molecule has 0 atom stereocenters. The molecule has 2 amide bonds. The summed E-state index contributed by atoms with van der Waals surface area (Å²) in [6.07, 6.45) is 2.97. The van der Waals surface area contributed by atoms with E-state index in [2.05, 4.69) is 20.6 Å². The number of carbonyl (C=O) groups excluding carboxylic acids is 2. The number of rotatable bonds is 7. The number of sulfonamides is 1. The molecule has 31 heavy (non-hydrogen) atoms. The van der Waals surface area contributed by atoms with Gasteiger partial charge in [-0.05, 0) is 24.6 Å². The molecule has 1 aromatic carbocycles. The zero-order valence-electron chi connectivity index (χ0n) is 16.5. The Balaban J connectivity index is 1.93. The molecule has 0 aliphatic rings. The Morgan fingerprint density at radius 2 is 1.94 bits per heavy atom. The summed E-state index contributed by atoms with van der Waals surface area (Å²) in [5.41, 5.74) is -0.774. The molecule has 2 aromatic heterocycles. The summed E-state index contributed by atoms with van der Waals surface area (Å²) in [6, 6.07) is 3.11. The molecule has 3 aromatic rings. The van der Waals surface area contributed by atoms with Gasteiger partial charge in [0.2, 0.25) is 10.0 Å². The van der Waals surface area contributed by atoms with Crippen molar-refractivity contribution in [3.63, 3.8) is 0 Å². The van der Waals surface area contributed by atoms with E-state index in [1.54, 1.807) is 6.92 Å². The number of anilines is 2. The van der Waals surface area contributed by atoms with Gasteiger partial charge in [-0.25, -0.2) is 22.2 Å². The lowest BCUT2D eigenvalue weighted by Gasteiger charge is -2.12. The third kappa shape index (κ3) is 4.63. The molecule has 0 unspecified atom stereocenters. The van der Waals surface area contributed by atoms with Crippen molar-refractivity contribution < 1.29 is 26.8 Å². The van der Waals surface area contributed by atoms with E-state index >= 15 is 0 Å². The third-order valence-electron chi connectivity index (χ3n) is 4.32. The highest BCUT2D eigenvalue weighted by molar-refractivity contribution is 7.92. The van der Waals surface area contributed by atoms with Crippen LogP contribution < -0.4 is 15.4 Å². The van der Waals surface area contributed by atoms with Crippen LogP contribution >= 0.6 is 0 Å². The van der Waals surface area contributed by atoms with Gasteiger partial charge >= 0.3 is 0 Å². The van der Waals surface area contributed by atoms with Crippen LogP contribution in [0.25, 0.3) is 11.0 Å². The van der Waals surface area contributed by atoms with Gasteiger partial charge in [0.25, 0.3) is 11.8 Å². The van der Waals surface area contributed by atoms with Crippen LogP contribution in [0.2, 0.25) is 0 Å². The first kappa shape index (κ1) is 22.2. The molecule has 0 aliphatic heterocycles. The Labute approximate surface area is 176 Å². The molecule has 0 spiro atoms. The molecular formula is C19H19F2N5O4S. The highest BCUT2D eigenvalue weighted by atomic mass is 32.2. The number of pyridine rings is 1. The molecule has 9 nitrogen and oxygen atoms in total. The molecule has 0 fully saturated rings. The average molecular weight is 451 g/mol. The van der Waals surface area contributed by atoms with Crippen LogP contribution in [0.15, 0.2) is 30.6 Å². The second kappa shape index (κ2) is 8.68. The largest absolute Gasteiger partial charge is 0.355 e. The molecule has 0 saturated heterocycles. The Morgan fingerprint density at radius 1 is 1.19 bits per heavy atom. The number of amides is 2. The lowest BCUT2D eigenvalue weighted by Crippen LogP contribution is -2.20. The van der Waals surface area contributed by atoms with Gasteiger partial charge in [0.05, 0.1) is 28.9 Å². The Morgan fingerprint density at radius 3 is 2.61 bits per heavy atom. The zero-order valence-corrected chi connectivity index (χ0v) is 17.4. The number of nitrogens with zero attached hydrogens (tertiary/aromatic N) is 1. The third-order valence-corrected chi connectivity index (χ3v) is 5.79. The van der Waals surface area contributed by atoms with Crippen molar-refractivity contribution in [2.45, 2.75) is 13.3 Å². The molecule has 12 heteroatoms. The molecule has 4 N–H and O–H groups in total. The average Bonchev–Trinajstić information content (AvgIpc) is 3.13. The van der Waals surface area contributed by atoms with Crippen LogP contribution in [0.4, 0.5) is 20.2 Å². The molecule has 3 rings (SSSR count). The van der Waals surface area contributed by atoms with E-state index in [-0.39, 0.29) is 29.3 Å². The predicted molar refractivity (Wildman–Crippen MR) is 111 cm³/mol. The summed E-state index contributed by atoms with van der Waals surface area (Å²) in [6.45, 7) is 1.63. The molecule has 0 saturated carbocycles. The number of nitrogens with one attached hydrogen (secondary N) is 4. The summed E-state index contributed by atoms with van der Waals surface area (Å²) >= 11 is 0. The summed E-state index contributed by atoms with van der Waals surface area (Å²) < 4.78 is 54.8. The number of carbonyl (C=O) groups is 2. The minimum Gasteiger partial charge on any atom is -0.355 e. The topological polar surface area (TPSA) is 133 Å². The lowest BCUT2D eigenvalue weighted by atomic mass is 10.1. The van der Waals surface area contributed by atoms with E-state index in [1.165, 1.54) is 25.5 Å². The molecule has 2 heterocycles. The van der Waals surface area contributed by atoms with Gasteiger partial charge < -0.3 is 15.6 Å². The number of aromatic nitrogens is 2. The Bertz CT molecular complexity index is 1270. The molecular weight excluding hydrogens is 432 g/mol. The van der Waals surface area contributed by atoms with Gasteiger partial charge in [-0.1, -0.05) is 6.92 Å². The maximum Gasteiger partial charge on any atom is 0.261 e. The standard InChI is InChI=1S/C19H19F2N5O4S/c1-3-6-31(29,30)26-14-5-4-13(20)15(16(14)21)19(28)25-10-7-11-12(18(27)22-2)9-24-17(11)23-8-10/h4-5,7-9,26H,3,6H2,1-2H3,(H,22,27)(H,23,24)(H,25,28). The summed E-state index contributed by atoms with van der Waals surface area (Å²) in [4.78, 5) is 31.4. The van der Waals surface area contributed by atoms with Crippen LogP contribution in [-0.4, -0.2) is 43.0 Å². The molecule has 0 bridgehead atoms. The second-order valence-electron chi connectivity index (χ2n) is 6.56. The van der Waals surface area contributed by atoms with Crippen molar-refractivity contribution in [2.24, 2.45) is 0 Å². The number of H-pyrrole nitrogens is 1. The number of benzene rings is 1. The molecule has 0 aliphatic carbocycles. The first-order valence-corrected chi connectivity index (χ1v) is 10.8. The predicted octanol–water partition coefficient (Wildman–Crippen LogP) is 2.60. The van der Waals surface area contributed by atoms with Crippen molar-refractivity contribution in [1.29, 1.82) is 0 Å². The van der Waals surface area contributed by atoms with E-state index in [0.717, 1.165) is 12.1 Å². The van der Waals surface area contributed by atoms with Crippen molar-refractivity contribution in [1.82, 2.24) is 15.3 Å². The fraction of sp³-hybridized carbons (Fsp3) is 0.211. The van der Waals surface area contributed by atoms with Gasteiger partial charge in [0.1, 0.15) is 17.0 Å². The van der Waals surface area contributed by atoms with E-state index in [0.29, 0.717) is 11.0 Å². The van der Waals surface area contributed by atoms with Crippen LogP contribution in [0.5, 0.6) is 0 Å². The second-order valence-corrected chi connectivity index (χ2v) is 8.40. The highest BCUT2D eigenvalue weighted by Gasteiger charge is 2.23. The van der Waals surface area contributed by atoms with Crippen LogP contribution in [0.1, 0.15) is 34.1 Å². The van der Waals surface area contributed by atoms with Gasteiger partial charge in [0.15, 0.2) is 5.82 Å². The van der Waals surface area contributed by atoms with Crippen LogP contribution in [0.3, 0.4) is 0 Å². The Hall–Kier alpha value is -3.54. The van der Waals surface area contributed by atoms with Gasteiger partial charge in [-0.3, -0.25) is 14.3 Å². The van der Waals surface area contributed by atoms with Crippen LogP contribution in [0, 0.1) is 11.6 Å². The summed E-state index contributed by atoms with van der Waals surface area (Å²) in [5.74, 6) is -4.32. The van der Waals surface area contributed by atoms with Gasteiger partial charge in [-0.2, -0.15) is 0 Å². The van der Waals surface area contributed by atoms with Crippen LogP contribution in [-0.2, 0) is 10.0 Å². The quantitative estimate of drug-likeness (QED) is 0.438. The van der Waals surface area contributed by atoms with Crippen molar-refractivity contribution in [3.05, 3.63) is 53.4 Å². The monoisotopic (exact) mass is 451 g/mol. The summed E-state index contributed by atoms with van der Waals surface area (Å²) in [5, 5.41) is 5.17. The first-order chi connectivity index (χ1) is 14.7. The van der Waals surface area contributed by atoms with E-state index in [1.807, 2.05) is 4.72 Å². The number of halogens is 2. The summed E-state index contributed by atoms with van der Waals surface area (Å²) in [7, 11) is -2.40.